The highest BCUT2D eigenvalue weighted by Gasteiger charge is 2.20. The van der Waals surface area contributed by atoms with E-state index in [1.165, 1.54) is 12.1 Å². The lowest BCUT2D eigenvalue weighted by Crippen LogP contribution is -2.32. The molecule has 1 atom stereocenters. The number of amides is 1. The van der Waals surface area contributed by atoms with Crippen molar-refractivity contribution in [2.24, 2.45) is 0 Å². The first kappa shape index (κ1) is 20.9. The van der Waals surface area contributed by atoms with Crippen molar-refractivity contribution in [3.63, 3.8) is 0 Å². The van der Waals surface area contributed by atoms with Gasteiger partial charge in [-0.15, -0.1) is 10.2 Å². The van der Waals surface area contributed by atoms with Gasteiger partial charge in [-0.3, -0.25) is 4.79 Å². The molecule has 0 bridgehead atoms. The summed E-state index contributed by atoms with van der Waals surface area (Å²) in [6.07, 6.45) is -0.622. The van der Waals surface area contributed by atoms with Gasteiger partial charge in [0.25, 0.3) is 11.1 Å². The Hall–Kier alpha value is -2.87. The lowest BCUT2D eigenvalue weighted by Gasteiger charge is -2.22. The molecule has 6 nitrogen and oxygen atoms in total. The zero-order valence-corrected chi connectivity index (χ0v) is 17.3. The molecule has 1 amide bonds. The highest BCUT2D eigenvalue weighted by Crippen LogP contribution is 2.26. The van der Waals surface area contributed by atoms with Gasteiger partial charge in [0, 0.05) is 12.2 Å². The van der Waals surface area contributed by atoms with Gasteiger partial charge in [0.05, 0.1) is 5.75 Å². The van der Waals surface area contributed by atoms with Crippen LogP contribution in [0.3, 0.4) is 0 Å². The van der Waals surface area contributed by atoms with E-state index in [1.54, 1.807) is 24.0 Å². The van der Waals surface area contributed by atoms with Gasteiger partial charge in [-0.05, 0) is 44.5 Å². The Balaban J connectivity index is 1.60. The van der Waals surface area contributed by atoms with Crippen molar-refractivity contribution in [1.82, 2.24) is 10.2 Å². The van der Waals surface area contributed by atoms with Gasteiger partial charge in [0.15, 0.2) is 17.7 Å². The molecular formula is C21H22FN3O3S. The number of carbonyl (C=O) groups excluding carboxylic acids is 1. The molecule has 1 unspecified atom stereocenters. The van der Waals surface area contributed by atoms with Crippen molar-refractivity contribution in [1.29, 1.82) is 0 Å². The highest BCUT2D eigenvalue weighted by molar-refractivity contribution is 7.99. The zero-order valence-electron chi connectivity index (χ0n) is 16.5. The van der Waals surface area contributed by atoms with Crippen LogP contribution in [0.2, 0.25) is 0 Å². The summed E-state index contributed by atoms with van der Waals surface area (Å²) < 4.78 is 24.8. The van der Waals surface area contributed by atoms with Crippen molar-refractivity contribution in [2.45, 2.75) is 32.1 Å². The average molecular weight is 415 g/mol. The number of benzene rings is 2. The molecule has 8 heteroatoms. The van der Waals surface area contributed by atoms with Crippen LogP contribution in [-0.4, -0.2) is 28.4 Å². The van der Waals surface area contributed by atoms with E-state index in [-0.39, 0.29) is 28.5 Å². The SMILES string of the molecule is CCN(C(=O)CSc1nnc(C(C)Oc2ccccc2F)o1)c1ccccc1C. The molecule has 1 heterocycles. The van der Waals surface area contributed by atoms with Gasteiger partial charge in [-0.2, -0.15) is 0 Å². The average Bonchev–Trinajstić information content (AvgIpc) is 3.19. The first-order chi connectivity index (χ1) is 14.0. The standard InChI is InChI=1S/C21H22FN3O3S/c1-4-25(17-11-7-5-9-14(17)2)19(26)13-29-21-24-23-20(28-21)15(3)27-18-12-8-6-10-16(18)22/h5-12,15H,4,13H2,1-3H3. The number of rotatable bonds is 8. The summed E-state index contributed by atoms with van der Waals surface area (Å²) in [5, 5.41) is 8.16. The lowest BCUT2D eigenvalue weighted by atomic mass is 10.2. The summed E-state index contributed by atoms with van der Waals surface area (Å²) in [6, 6.07) is 13.9. The van der Waals surface area contributed by atoms with E-state index in [0.29, 0.717) is 6.54 Å². The monoisotopic (exact) mass is 415 g/mol. The van der Waals surface area contributed by atoms with Crippen molar-refractivity contribution in [2.75, 3.05) is 17.2 Å². The largest absolute Gasteiger partial charge is 0.478 e. The number of para-hydroxylation sites is 2. The third kappa shape index (κ3) is 5.14. The number of aryl methyl sites for hydroxylation is 1. The minimum atomic E-state index is -0.622. The van der Waals surface area contributed by atoms with Crippen LogP contribution in [0.15, 0.2) is 58.2 Å². The van der Waals surface area contributed by atoms with Gasteiger partial charge in [0.2, 0.25) is 5.91 Å². The van der Waals surface area contributed by atoms with Gasteiger partial charge >= 0.3 is 0 Å². The highest BCUT2D eigenvalue weighted by atomic mass is 32.2. The minimum absolute atomic E-state index is 0.0535. The Labute approximate surface area is 173 Å². The van der Waals surface area contributed by atoms with Crippen molar-refractivity contribution >= 4 is 23.4 Å². The topological polar surface area (TPSA) is 68.5 Å². The molecule has 0 aliphatic carbocycles. The summed E-state index contributed by atoms with van der Waals surface area (Å²) in [5.74, 6) is -0.0298. The van der Waals surface area contributed by atoms with Gasteiger partial charge in [-0.25, -0.2) is 4.39 Å². The summed E-state index contributed by atoms with van der Waals surface area (Å²) in [6.45, 7) is 6.16. The molecule has 0 aliphatic heterocycles. The van der Waals surface area contributed by atoms with Crippen LogP contribution < -0.4 is 9.64 Å². The van der Waals surface area contributed by atoms with E-state index in [0.717, 1.165) is 23.0 Å². The summed E-state index contributed by atoms with van der Waals surface area (Å²) in [7, 11) is 0. The molecule has 1 aromatic heterocycles. The molecule has 3 rings (SSSR count). The van der Waals surface area contributed by atoms with Crippen molar-refractivity contribution in [3.05, 3.63) is 65.8 Å². The van der Waals surface area contributed by atoms with Crippen LogP contribution >= 0.6 is 11.8 Å². The first-order valence-electron chi connectivity index (χ1n) is 9.23. The Morgan fingerprint density at radius 1 is 1.21 bits per heavy atom. The fourth-order valence-electron chi connectivity index (χ4n) is 2.77. The molecule has 0 N–H and O–H groups in total. The summed E-state index contributed by atoms with van der Waals surface area (Å²) in [5.41, 5.74) is 1.92. The molecule has 2 aromatic carbocycles. The smallest absolute Gasteiger partial charge is 0.277 e. The number of halogens is 1. The van der Waals surface area contributed by atoms with E-state index in [2.05, 4.69) is 10.2 Å². The molecular weight excluding hydrogens is 393 g/mol. The number of carbonyl (C=O) groups is 1. The van der Waals surface area contributed by atoms with Crippen LogP contribution in [-0.2, 0) is 4.79 Å². The van der Waals surface area contributed by atoms with E-state index in [9.17, 15) is 9.18 Å². The second-order valence-corrected chi connectivity index (χ2v) is 7.24. The molecule has 0 saturated heterocycles. The molecule has 0 aliphatic rings. The summed E-state index contributed by atoms with van der Waals surface area (Å²) in [4.78, 5) is 14.4. The quantitative estimate of drug-likeness (QED) is 0.492. The number of hydrogen-bond donors (Lipinski definition) is 0. The molecule has 0 saturated carbocycles. The van der Waals surface area contributed by atoms with E-state index >= 15 is 0 Å². The first-order valence-corrected chi connectivity index (χ1v) is 10.2. The number of anilines is 1. The molecule has 0 fully saturated rings. The number of nitrogens with zero attached hydrogens (tertiary/aromatic N) is 3. The molecule has 3 aromatic rings. The Kier molecular flexibility index (Phi) is 6.87. The maximum Gasteiger partial charge on any atom is 0.277 e. The van der Waals surface area contributed by atoms with Crippen LogP contribution in [0.25, 0.3) is 0 Å². The minimum Gasteiger partial charge on any atom is -0.478 e. The third-order valence-electron chi connectivity index (χ3n) is 4.25. The fraction of sp³-hybridized carbons (Fsp3) is 0.286. The van der Waals surface area contributed by atoms with Gasteiger partial charge in [0.1, 0.15) is 0 Å². The number of aromatic nitrogens is 2. The zero-order chi connectivity index (χ0) is 20.8. The van der Waals surface area contributed by atoms with Crippen molar-refractivity contribution < 1.29 is 18.3 Å². The van der Waals surface area contributed by atoms with Crippen LogP contribution in [0.5, 0.6) is 5.75 Å². The lowest BCUT2D eigenvalue weighted by molar-refractivity contribution is -0.116. The summed E-state index contributed by atoms with van der Waals surface area (Å²) >= 11 is 1.16. The molecule has 152 valence electrons. The van der Waals surface area contributed by atoms with Crippen molar-refractivity contribution in [3.8, 4) is 5.75 Å². The number of thioether (sulfide) groups is 1. The van der Waals surface area contributed by atoms with E-state index < -0.39 is 11.9 Å². The fourth-order valence-corrected chi connectivity index (χ4v) is 3.42. The Morgan fingerprint density at radius 3 is 2.66 bits per heavy atom. The van der Waals surface area contributed by atoms with Crippen LogP contribution in [0, 0.1) is 12.7 Å². The molecule has 0 radical (unpaired) electrons. The number of ether oxygens (including phenoxy) is 1. The predicted molar refractivity (Wildman–Crippen MR) is 110 cm³/mol. The van der Waals surface area contributed by atoms with E-state index in [1.807, 2.05) is 38.1 Å². The predicted octanol–water partition coefficient (Wildman–Crippen LogP) is 4.80. The second kappa shape index (κ2) is 9.56. The second-order valence-electron chi connectivity index (χ2n) is 6.31. The normalized spacial score (nSPS) is 11.9. The van der Waals surface area contributed by atoms with Crippen LogP contribution in [0.1, 0.15) is 31.4 Å². The molecule has 0 spiro atoms. The third-order valence-corrected chi connectivity index (χ3v) is 5.06. The van der Waals surface area contributed by atoms with Gasteiger partial charge < -0.3 is 14.1 Å². The van der Waals surface area contributed by atoms with E-state index in [4.69, 9.17) is 9.15 Å². The maximum atomic E-state index is 13.7. The Morgan fingerprint density at radius 2 is 1.93 bits per heavy atom. The maximum absolute atomic E-state index is 13.7. The van der Waals surface area contributed by atoms with Gasteiger partial charge in [-0.1, -0.05) is 42.1 Å². The number of hydrogen-bond acceptors (Lipinski definition) is 6. The van der Waals surface area contributed by atoms with Crippen LogP contribution in [0.4, 0.5) is 10.1 Å². The molecule has 29 heavy (non-hydrogen) atoms. The Bertz CT molecular complexity index is 979.